The highest BCUT2D eigenvalue weighted by atomic mass is 19.4. The first-order valence-corrected chi connectivity index (χ1v) is 10.4. The van der Waals surface area contributed by atoms with Crippen LogP contribution in [0.4, 0.5) is 18.9 Å². The van der Waals surface area contributed by atoms with Crippen LogP contribution in [0.1, 0.15) is 12.0 Å². The molecule has 0 N–H and O–H groups in total. The molecule has 0 bridgehead atoms. The van der Waals surface area contributed by atoms with Gasteiger partial charge in [-0.05, 0) is 48.7 Å². The molecule has 174 valence electrons. The number of benzene rings is 2. The van der Waals surface area contributed by atoms with Gasteiger partial charge in [0.1, 0.15) is 18.6 Å². The molecule has 4 aromatic rings. The number of nitrogens with zero attached hydrogens (tertiary/aromatic N) is 6. The molecule has 9 nitrogen and oxygen atoms in total. The molecule has 0 saturated carbocycles. The van der Waals surface area contributed by atoms with E-state index in [0.717, 1.165) is 36.2 Å². The first-order chi connectivity index (χ1) is 16.3. The first-order valence-electron chi connectivity index (χ1n) is 10.4. The van der Waals surface area contributed by atoms with Crippen LogP contribution >= 0.6 is 0 Å². The number of fused-ring (bicyclic) bond motifs is 2. The van der Waals surface area contributed by atoms with E-state index in [1.54, 1.807) is 4.90 Å². The van der Waals surface area contributed by atoms with Crippen molar-refractivity contribution < 1.29 is 22.7 Å². The summed E-state index contributed by atoms with van der Waals surface area (Å²) in [5, 5.41) is 7.78. The lowest BCUT2D eigenvalue weighted by atomic mass is 10.0. The molecular formula is C22H17F3N6O3. The molecule has 34 heavy (non-hydrogen) atoms. The van der Waals surface area contributed by atoms with Crippen LogP contribution in [0.25, 0.3) is 16.9 Å². The van der Waals surface area contributed by atoms with Gasteiger partial charge in [0.15, 0.2) is 11.2 Å². The Morgan fingerprint density at radius 1 is 1.09 bits per heavy atom. The van der Waals surface area contributed by atoms with E-state index in [4.69, 9.17) is 0 Å². The second-order valence-electron chi connectivity index (χ2n) is 7.67. The molecule has 0 unspecified atom stereocenters. The Morgan fingerprint density at radius 3 is 2.62 bits per heavy atom. The van der Waals surface area contributed by atoms with Crippen LogP contribution in [0.5, 0.6) is 5.75 Å². The number of amides is 1. The Balaban J connectivity index is 1.40. The highest BCUT2D eigenvalue weighted by molar-refractivity contribution is 5.94. The summed E-state index contributed by atoms with van der Waals surface area (Å²) in [6.45, 7) is 0.344. The van der Waals surface area contributed by atoms with Crippen molar-refractivity contribution in [2.75, 3.05) is 11.4 Å². The summed E-state index contributed by atoms with van der Waals surface area (Å²) in [5.41, 5.74) is 1.75. The molecule has 0 spiro atoms. The van der Waals surface area contributed by atoms with Gasteiger partial charge >= 0.3 is 6.36 Å². The Bertz CT molecular complexity index is 1430. The number of hydrogen-bond donors (Lipinski definition) is 0. The highest BCUT2D eigenvalue weighted by Gasteiger charge is 2.31. The van der Waals surface area contributed by atoms with Crippen molar-refractivity contribution >= 4 is 22.8 Å². The quantitative estimate of drug-likeness (QED) is 0.455. The van der Waals surface area contributed by atoms with Crippen molar-refractivity contribution in [1.29, 1.82) is 0 Å². The number of aryl methyl sites for hydroxylation is 1. The number of alkyl halides is 3. The summed E-state index contributed by atoms with van der Waals surface area (Å²) in [6, 6.07) is 12.6. The van der Waals surface area contributed by atoms with Crippen LogP contribution in [0.3, 0.4) is 0 Å². The van der Waals surface area contributed by atoms with E-state index in [1.807, 2.05) is 24.3 Å². The number of halogens is 3. The van der Waals surface area contributed by atoms with Crippen LogP contribution < -0.4 is 15.2 Å². The van der Waals surface area contributed by atoms with Crippen molar-refractivity contribution in [2.45, 2.75) is 25.7 Å². The van der Waals surface area contributed by atoms with Crippen molar-refractivity contribution in [3.05, 3.63) is 70.8 Å². The summed E-state index contributed by atoms with van der Waals surface area (Å²) in [4.78, 5) is 31.8. The second-order valence-corrected chi connectivity index (χ2v) is 7.67. The lowest BCUT2D eigenvalue weighted by Crippen LogP contribution is -2.39. The van der Waals surface area contributed by atoms with E-state index in [2.05, 4.69) is 20.0 Å². The maximum absolute atomic E-state index is 13.0. The first kappa shape index (κ1) is 21.6. The fraction of sp³-hybridized carbons (Fsp3) is 0.227. The van der Waals surface area contributed by atoms with Crippen LogP contribution in [0, 0.1) is 0 Å². The number of carbonyl (C=O) groups excluding carboxylic acids is 1. The van der Waals surface area contributed by atoms with E-state index in [0.29, 0.717) is 12.2 Å². The number of hydrogen-bond acceptors (Lipinski definition) is 6. The summed E-state index contributed by atoms with van der Waals surface area (Å²) in [6.07, 6.45) is -1.85. The van der Waals surface area contributed by atoms with Crippen molar-refractivity contribution in [2.24, 2.45) is 0 Å². The molecule has 0 saturated heterocycles. The fourth-order valence-electron chi connectivity index (χ4n) is 3.94. The lowest BCUT2D eigenvalue weighted by molar-refractivity contribution is -0.274. The third-order valence-electron chi connectivity index (χ3n) is 5.46. The van der Waals surface area contributed by atoms with Crippen molar-refractivity contribution in [3.8, 4) is 11.4 Å². The van der Waals surface area contributed by atoms with Gasteiger partial charge < -0.3 is 9.64 Å². The van der Waals surface area contributed by atoms with E-state index in [9.17, 15) is 22.8 Å². The molecule has 0 atom stereocenters. The van der Waals surface area contributed by atoms with Crippen LogP contribution in [0.2, 0.25) is 0 Å². The minimum atomic E-state index is -4.80. The Morgan fingerprint density at radius 2 is 1.85 bits per heavy atom. The topological polar surface area (TPSA) is 95.1 Å². The summed E-state index contributed by atoms with van der Waals surface area (Å²) >= 11 is 0. The number of rotatable bonds is 4. The molecular weight excluding hydrogens is 453 g/mol. The van der Waals surface area contributed by atoms with Gasteiger partial charge in [-0.25, -0.2) is 4.98 Å². The van der Waals surface area contributed by atoms with Crippen molar-refractivity contribution in [1.82, 2.24) is 24.5 Å². The molecule has 5 rings (SSSR count). The van der Waals surface area contributed by atoms with E-state index < -0.39 is 17.7 Å². The van der Waals surface area contributed by atoms with Gasteiger partial charge in [-0.15, -0.1) is 18.3 Å². The maximum atomic E-state index is 13.0. The Hall–Kier alpha value is -4.22. The second kappa shape index (κ2) is 8.28. The zero-order chi connectivity index (χ0) is 23.9. The minimum Gasteiger partial charge on any atom is -0.406 e. The molecule has 3 heterocycles. The van der Waals surface area contributed by atoms with Crippen LogP contribution in [0.15, 0.2) is 59.7 Å². The zero-order valence-corrected chi connectivity index (χ0v) is 17.6. The molecule has 0 radical (unpaired) electrons. The number of carbonyl (C=O) groups is 1. The molecule has 2 aromatic heterocycles. The zero-order valence-electron chi connectivity index (χ0n) is 17.6. The number of para-hydroxylation sites is 1. The smallest absolute Gasteiger partial charge is 0.406 e. The van der Waals surface area contributed by atoms with Gasteiger partial charge in [0.25, 0.3) is 5.56 Å². The third kappa shape index (κ3) is 4.09. The molecule has 1 aliphatic heterocycles. The molecule has 0 aliphatic carbocycles. The Kier molecular flexibility index (Phi) is 5.27. The fourth-order valence-corrected chi connectivity index (χ4v) is 3.94. The SMILES string of the molecule is O=C(Cn1cnc2c(nnn2-c2ccc(OC(F)(F)F)cc2)c1=O)N1CCCc2ccccc21. The van der Waals surface area contributed by atoms with E-state index in [1.165, 1.54) is 27.7 Å². The predicted molar refractivity (Wildman–Crippen MR) is 115 cm³/mol. The van der Waals surface area contributed by atoms with E-state index >= 15 is 0 Å². The van der Waals surface area contributed by atoms with Crippen LogP contribution in [-0.2, 0) is 17.8 Å². The third-order valence-corrected chi connectivity index (χ3v) is 5.46. The largest absolute Gasteiger partial charge is 0.573 e. The van der Waals surface area contributed by atoms with Crippen molar-refractivity contribution in [3.63, 3.8) is 0 Å². The predicted octanol–water partition coefficient (Wildman–Crippen LogP) is 2.86. The van der Waals surface area contributed by atoms with Crippen LogP contribution in [-0.4, -0.2) is 43.4 Å². The van der Waals surface area contributed by atoms with Gasteiger partial charge in [-0.1, -0.05) is 23.4 Å². The average molecular weight is 470 g/mol. The molecule has 12 heteroatoms. The van der Waals surface area contributed by atoms with Gasteiger partial charge in [0, 0.05) is 12.2 Å². The van der Waals surface area contributed by atoms with Gasteiger partial charge in [0.05, 0.1) is 5.69 Å². The standard InChI is InChI=1S/C22H17F3N6O3/c23-22(24,25)34-16-9-7-15(8-10-16)31-20-19(27-28-31)21(33)29(13-26-20)12-18(32)30-11-3-5-14-4-1-2-6-17(14)30/h1-2,4,6-10,13H,3,5,11-12H2. The minimum absolute atomic E-state index is 0.0648. The van der Waals surface area contributed by atoms with E-state index in [-0.39, 0.29) is 23.6 Å². The van der Waals surface area contributed by atoms with Gasteiger partial charge in [-0.2, -0.15) is 4.68 Å². The lowest BCUT2D eigenvalue weighted by Gasteiger charge is -2.29. The molecule has 1 amide bonds. The summed E-state index contributed by atoms with van der Waals surface area (Å²) in [7, 11) is 0. The Labute approximate surface area is 190 Å². The maximum Gasteiger partial charge on any atom is 0.573 e. The molecule has 0 fully saturated rings. The molecule has 2 aromatic carbocycles. The number of ether oxygens (including phenoxy) is 1. The van der Waals surface area contributed by atoms with Gasteiger partial charge in [-0.3, -0.25) is 14.2 Å². The number of aromatic nitrogens is 5. The summed E-state index contributed by atoms with van der Waals surface area (Å²) < 4.78 is 43.3. The summed E-state index contributed by atoms with van der Waals surface area (Å²) in [5.74, 6) is -0.642. The average Bonchev–Trinajstić information content (AvgIpc) is 3.25. The number of anilines is 1. The highest BCUT2D eigenvalue weighted by Crippen LogP contribution is 2.27. The monoisotopic (exact) mass is 470 g/mol. The normalized spacial score (nSPS) is 13.7. The molecule has 1 aliphatic rings. The van der Waals surface area contributed by atoms with Gasteiger partial charge in [0.2, 0.25) is 5.91 Å².